The number of carbonyl (C=O) groups excluding carboxylic acids is 1. The van der Waals surface area contributed by atoms with Gasteiger partial charge in [-0.15, -0.1) is 0 Å². The fourth-order valence-electron chi connectivity index (χ4n) is 2.70. The zero-order chi connectivity index (χ0) is 19.0. The van der Waals surface area contributed by atoms with Gasteiger partial charge in [-0.3, -0.25) is 9.36 Å². The fraction of sp³-hybridized carbons (Fsp3) is 0.111. The molecule has 0 amide bonds. The van der Waals surface area contributed by atoms with E-state index in [0.29, 0.717) is 27.5 Å². The van der Waals surface area contributed by atoms with E-state index in [-0.39, 0.29) is 17.9 Å². The number of hydrogen-bond acceptors (Lipinski definition) is 6. The third-order valence-electron chi connectivity index (χ3n) is 3.98. The highest BCUT2D eigenvalue weighted by Crippen LogP contribution is 2.18. The van der Waals surface area contributed by atoms with Gasteiger partial charge in [-0.25, -0.2) is 14.5 Å². The minimum atomic E-state index is -0.579. The Morgan fingerprint density at radius 3 is 2.93 bits per heavy atom. The molecule has 0 radical (unpaired) electrons. The van der Waals surface area contributed by atoms with Gasteiger partial charge in [0, 0.05) is 5.02 Å². The molecule has 0 aliphatic carbocycles. The zero-order valence-electron chi connectivity index (χ0n) is 14.1. The number of rotatable bonds is 4. The monoisotopic (exact) mass is 384 g/mol. The molecule has 0 fully saturated rings. The Hall–Kier alpha value is -3.39. The molecule has 0 N–H and O–H groups in total. The van der Waals surface area contributed by atoms with Crippen molar-refractivity contribution in [3.05, 3.63) is 75.8 Å². The molecule has 27 heavy (non-hydrogen) atoms. The second kappa shape index (κ2) is 6.73. The number of carbonyl (C=O) groups is 1. The first-order valence-corrected chi connectivity index (χ1v) is 8.31. The van der Waals surface area contributed by atoms with E-state index in [0.717, 1.165) is 0 Å². The summed E-state index contributed by atoms with van der Waals surface area (Å²) in [6.45, 7) is 0.126. The number of esters is 1. The van der Waals surface area contributed by atoms with E-state index in [2.05, 4.69) is 14.8 Å². The Balaban J connectivity index is 1.70. The summed E-state index contributed by atoms with van der Waals surface area (Å²) >= 11 is 6.02. The molecular formula is C18H13ClN4O4. The van der Waals surface area contributed by atoms with E-state index in [9.17, 15) is 9.59 Å². The number of furan rings is 1. The van der Waals surface area contributed by atoms with Gasteiger partial charge < -0.3 is 9.15 Å². The van der Waals surface area contributed by atoms with Crippen LogP contribution in [0.4, 0.5) is 0 Å². The number of benzene rings is 1. The van der Waals surface area contributed by atoms with Gasteiger partial charge in [0.05, 0.1) is 25.5 Å². The molecule has 0 unspecified atom stereocenters. The fourth-order valence-corrected chi connectivity index (χ4v) is 2.88. The highest BCUT2D eigenvalue weighted by Gasteiger charge is 2.15. The Kier molecular flexibility index (Phi) is 4.25. The molecule has 0 aliphatic rings. The van der Waals surface area contributed by atoms with Crippen molar-refractivity contribution >= 4 is 28.6 Å². The predicted molar refractivity (Wildman–Crippen MR) is 97.3 cm³/mol. The summed E-state index contributed by atoms with van der Waals surface area (Å²) in [6.07, 6.45) is 2.87. The van der Waals surface area contributed by atoms with Crippen molar-refractivity contribution < 1.29 is 13.9 Å². The van der Waals surface area contributed by atoms with Crippen molar-refractivity contribution in [2.75, 3.05) is 7.11 Å². The number of fused-ring (bicyclic) bond motifs is 1. The summed E-state index contributed by atoms with van der Waals surface area (Å²) in [5.74, 6) is -0.0748. The molecule has 136 valence electrons. The number of aromatic nitrogens is 4. The first kappa shape index (κ1) is 17.0. The molecular weight excluding hydrogens is 372 g/mol. The lowest BCUT2D eigenvalue weighted by atomic mass is 10.3. The summed E-state index contributed by atoms with van der Waals surface area (Å²) in [4.78, 5) is 28.6. The molecule has 0 saturated heterocycles. The molecule has 3 aromatic heterocycles. The summed E-state index contributed by atoms with van der Waals surface area (Å²) in [7, 11) is 1.27. The highest BCUT2D eigenvalue weighted by molar-refractivity contribution is 6.30. The number of hydrogen-bond donors (Lipinski definition) is 0. The van der Waals surface area contributed by atoms with Gasteiger partial charge in [-0.05, 0) is 30.3 Å². The lowest BCUT2D eigenvalue weighted by Gasteiger charge is -2.05. The van der Waals surface area contributed by atoms with Crippen molar-refractivity contribution in [3.8, 4) is 5.69 Å². The first-order valence-electron chi connectivity index (χ1n) is 7.93. The predicted octanol–water partition coefficient (Wildman–Crippen LogP) is 2.66. The quantitative estimate of drug-likeness (QED) is 0.502. The maximum Gasteiger partial charge on any atom is 0.373 e. The Morgan fingerprint density at radius 2 is 2.15 bits per heavy atom. The van der Waals surface area contributed by atoms with Crippen molar-refractivity contribution in [2.45, 2.75) is 6.54 Å². The van der Waals surface area contributed by atoms with Crippen LogP contribution in [-0.2, 0) is 11.3 Å². The van der Waals surface area contributed by atoms with E-state index in [1.165, 1.54) is 30.3 Å². The zero-order valence-corrected chi connectivity index (χ0v) is 14.9. The third-order valence-corrected chi connectivity index (χ3v) is 4.22. The summed E-state index contributed by atoms with van der Waals surface area (Å²) in [5.41, 5.74) is 0.855. The lowest BCUT2D eigenvalue weighted by molar-refractivity contribution is 0.0563. The van der Waals surface area contributed by atoms with Crippen molar-refractivity contribution in [3.63, 3.8) is 0 Å². The topological polar surface area (TPSA) is 92.2 Å². The molecule has 3 heterocycles. The Labute approximate surface area is 157 Å². The maximum atomic E-state index is 12.8. The van der Waals surface area contributed by atoms with Gasteiger partial charge in [0.15, 0.2) is 5.65 Å². The van der Waals surface area contributed by atoms with Crippen molar-refractivity contribution in [1.82, 2.24) is 19.3 Å². The summed E-state index contributed by atoms with van der Waals surface area (Å²) < 4.78 is 12.9. The van der Waals surface area contributed by atoms with E-state index in [1.807, 2.05) is 6.07 Å². The molecule has 0 bridgehead atoms. The standard InChI is InChI=1S/C18H13ClN4O4/c1-26-18(25)15-6-5-13(27-15)9-22-10-20-16-14(17(22)24)8-21-23(16)12-4-2-3-11(19)7-12/h2-8,10H,9H2,1H3. The summed E-state index contributed by atoms with van der Waals surface area (Å²) in [6, 6.07) is 10.2. The average Bonchev–Trinajstić information content (AvgIpc) is 3.31. The van der Waals surface area contributed by atoms with Gasteiger partial charge in [-0.1, -0.05) is 17.7 Å². The van der Waals surface area contributed by atoms with Gasteiger partial charge in [-0.2, -0.15) is 5.10 Å². The normalized spacial score (nSPS) is 11.0. The van der Waals surface area contributed by atoms with E-state index in [1.54, 1.807) is 28.9 Å². The van der Waals surface area contributed by atoms with Crippen LogP contribution in [-0.4, -0.2) is 32.4 Å². The molecule has 0 atom stereocenters. The van der Waals surface area contributed by atoms with E-state index >= 15 is 0 Å². The van der Waals surface area contributed by atoms with Crippen molar-refractivity contribution in [2.24, 2.45) is 0 Å². The Bertz CT molecular complexity index is 1210. The summed E-state index contributed by atoms with van der Waals surface area (Å²) in [5, 5.41) is 5.17. The van der Waals surface area contributed by atoms with Crippen LogP contribution in [0.2, 0.25) is 5.02 Å². The second-order valence-corrected chi connectivity index (χ2v) is 6.15. The van der Waals surface area contributed by atoms with Crippen LogP contribution in [0.5, 0.6) is 0 Å². The first-order chi connectivity index (χ1) is 13.1. The minimum Gasteiger partial charge on any atom is -0.463 e. The van der Waals surface area contributed by atoms with Crippen LogP contribution >= 0.6 is 11.6 Å². The number of ether oxygens (including phenoxy) is 1. The van der Waals surface area contributed by atoms with Crippen LogP contribution in [0.15, 0.2) is 58.1 Å². The molecule has 0 aliphatic heterocycles. The molecule has 4 rings (SSSR count). The van der Waals surface area contributed by atoms with Gasteiger partial charge in [0.25, 0.3) is 5.56 Å². The third kappa shape index (κ3) is 3.11. The van der Waals surface area contributed by atoms with Crippen LogP contribution in [0.1, 0.15) is 16.3 Å². The molecule has 9 heteroatoms. The Morgan fingerprint density at radius 1 is 1.30 bits per heavy atom. The minimum absolute atomic E-state index is 0.0726. The highest BCUT2D eigenvalue weighted by atomic mass is 35.5. The van der Waals surface area contributed by atoms with Gasteiger partial charge in [0.2, 0.25) is 5.76 Å². The SMILES string of the molecule is COC(=O)c1ccc(Cn2cnc3c(cnn3-c3cccc(Cl)c3)c2=O)o1. The van der Waals surface area contributed by atoms with Crippen LogP contribution in [0.25, 0.3) is 16.7 Å². The maximum absolute atomic E-state index is 12.8. The molecule has 0 saturated carbocycles. The van der Waals surface area contributed by atoms with Crippen LogP contribution < -0.4 is 5.56 Å². The van der Waals surface area contributed by atoms with Gasteiger partial charge >= 0.3 is 5.97 Å². The van der Waals surface area contributed by atoms with Crippen LogP contribution in [0.3, 0.4) is 0 Å². The molecule has 8 nitrogen and oxygen atoms in total. The number of methoxy groups -OCH3 is 1. The molecule has 1 aromatic carbocycles. The van der Waals surface area contributed by atoms with Crippen LogP contribution in [0, 0.1) is 0 Å². The number of nitrogens with zero attached hydrogens (tertiary/aromatic N) is 4. The molecule has 4 aromatic rings. The largest absolute Gasteiger partial charge is 0.463 e. The van der Waals surface area contributed by atoms with Crippen molar-refractivity contribution in [1.29, 1.82) is 0 Å². The van der Waals surface area contributed by atoms with E-state index < -0.39 is 5.97 Å². The smallest absolute Gasteiger partial charge is 0.373 e. The average molecular weight is 385 g/mol. The van der Waals surface area contributed by atoms with Gasteiger partial charge in [0.1, 0.15) is 17.5 Å². The molecule has 0 spiro atoms. The lowest BCUT2D eigenvalue weighted by Crippen LogP contribution is -2.20. The second-order valence-electron chi connectivity index (χ2n) is 5.71. The van der Waals surface area contributed by atoms with E-state index in [4.69, 9.17) is 16.0 Å². The number of halogens is 1.